The molecule has 1 aromatic carbocycles. The average molecular weight is 273 g/mol. The van der Waals surface area contributed by atoms with Gasteiger partial charge in [-0.05, 0) is 36.8 Å². The number of hydrogen-bond donors (Lipinski definition) is 1. The van der Waals surface area contributed by atoms with E-state index in [2.05, 4.69) is 0 Å². The van der Waals surface area contributed by atoms with E-state index in [-0.39, 0.29) is 5.56 Å². The molecule has 5 nitrogen and oxygen atoms in total. The van der Waals surface area contributed by atoms with Crippen LogP contribution in [0.15, 0.2) is 29.1 Å². The highest BCUT2D eigenvalue weighted by molar-refractivity contribution is 5.90. The van der Waals surface area contributed by atoms with Crippen molar-refractivity contribution in [2.45, 2.75) is 6.92 Å². The van der Waals surface area contributed by atoms with E-state index < -0.39 is 5.97 Å². The minimum absolute atomic E-state index is 0.224. The summed E-state index contributed by atoms with van der Waals surface area (Å²) in [7, 11) is 3.23. The summed E-state index contributed by atoms with van der Waals surface area (Å²) in [5, 5.41) is 9.56. The second-order valence-corrected chi connectivity index (χ2v) is 4.46. The maximum atomic E-state index is 12.3. The van der Waals surface area contributed by atoms with Crippen molar-refractivity contribution in [3.05, 3.63) is 45.8 Å². The van der Waals surface area contributed by atoms with Crippen molar-refractivity contribution in [1.29, 1.82) is 0 Å². The van der Waals surface area contributed by atoms with Crippen molar-refractivity contribution in [2.75, 3.05) is 7.11 Å². The monoisotopic (exact) mass is 273 g/mol. The number of aryl methyl sites for hydroxylation is 2. The Morgan fingerprint density at radius 3 is 2.70 bits per heavy atom. The van der Waals surface area contributed by atoms with Gasteiger partial charge in [-0.15, -0.1) is 0 Å². The molecule has 0 aliphatic rings. The first-order chi connectivity index (χ1) is 9.45. The van der Waals surface area contributed by atoms with Gasteiger partial charge in [-0.2, -0.15) is 0 Å². The van der Waals surface area contributed by atoms with Gasteiger partial charge in [-0.1, -0.05) is 0 Å². The predicted octanol–water partition coefficient (Wildman–Crippen LogP) is 1.95. The number of aliphatic carboxylic acids is 1. The second kappa shape index (κ2) is 5.21. The lowest BCUT2D eigenvalue weighted by Gasteiger charge is -2.12. The fourth-order valence-electron chi connectivity index (χ4n) is 2.18. The van der Waals surface area contributed by atoms with Gasteiger partial charge in [0, 0.05) is 24.1 Å². The molecule has 1 N–H and O–H groups in total. The van der Waals surface area contributed by atoms with Crippen LogP contribution in [0.3, 0.4) is 0 Å². The number of aromatic nitrogens is 1. The molecule has 2 rings (SSSR count). The highest BCUT2D eigenvalue weighted by Gasteiger charge is 2.11. The van der Waals surface area contributed by atoms with Crippen LogP contribution in [0.1, 0.15) is 11.1 Å². The lowest BCUT2D eigenvalue weighted by atomic mass is 10.0. The van der Waals surface area contributed by atoms with Crippen LogP contribution in [0.4, 0.5) is 0 Å². The summed E-state index contributed by atoms with van der Waals surface area (Å²) in [5.41, 5.74) is 1.66. The molecular weight excluding hydrogens is 258 g/mol. The van der Waals surface area contributed by atoms with Gasteiger partial charge in [0.25, 0.3) is 5.56 Å². The molecule has 1 heterocycles. The van der Waals surface area contributed by atoms with E-state index in [0.29, 0.717) is 11.3 Å². The maximum Gasteiger partial charge on any atom is 0.328 e. The van der Waals surface area contributed by atoms with E-state index in [0.717, 1.165) is 22.5 Å². The topological polar surface area (TPSA) is 68.5 Å². The minimum Gasteiger partial charge on any atom is -0.497 e. The van der Waals surface area contributed by atoms with Gasteiger partial charge >= 0.3 is 5.97 Å². The molecule has 0 bridgehead atoms. The largest absolute Gasteiger partial charge is 0.497 e. The zero-order valence-corrected chi connectivity index (χ0v) is 11.5. The van der Waals surface area contributed by atoms with Gasteiger partial charge in [0.15, 0.2) is 0 Å². The fourth-order valence-corrected chi connectivity index (χ4v) is 2.18. The van der Waals surface area contributed by atoms with Crippen molar-refractivity contribution < 1.29 is 14.6 Å². The van der Waals surface area contributed by atoms with Gasteiger partial charge < -0.3 is 14.4 Å². The molecule has 0 radical (unpaired) electrons. The van der Waals surface area contributed by atoms with Crippen LogP contribution in [0.25, 0.3) is 17.0 Å². The number of carboxylic acid groups (broad SMARTS) is 1. The number of benzene rings is 1. The molecule has 0 aliphatic heterocycles. The number of carbonyl (C=O) groups is 1. The Hall–Kier alpha value is -2.56. The Morgan fingerprint density at radius 2 is 2.10 bits per heavy atom. The second-order valence-electron chi connectivity index (χ2n) is 4.46. The molecule has 0 fully saturated rings. The van der Waals surface area contributed by atoms with E-state index >= 15 is 0 Å². The fraction of sp³-hybridized carbons (Fsp3) is 0.200. The molecule has 0 unspecified atom stereocenters. The van der Waals surface area contributed by atoms with Crippen LogP contribution >= 0.6 is 0 Å². The van der Waals surface area contributed by atoms with Crippen molar-refractivity contribution in [1.82, 2.24) is 4.57 Å². The Labute approximate surface area is 115 Å². The minimum atomic E-state index is -1.09. The summed E-state index contributed by atoms with van der Waals surface area (Å²) in [6, 6.07) is 5.43. The molecule has 0 amide bonds. The van der Waals surface area contributed by atoms with Crippen molar-refractivity contribution in [3.8, 4) is 5.75 Å². The number of ether oxygens (including phenoxy) is 1. The van der Waals surface area contributed by atoms with Gasteiger partial charge in [0.05, 0.1) is 12.6 Å². The summed E-state index contributed by atoms with van der Waals surface area (Å²) in [6.45, 7) is 1.80. The van der Waals surface area contributed by atoms with Crippen LogP contribution in [-0.4, -0.2) is 22.8 Å². The SMILES string of the molecule is COc1ccc2c(c1)c(C)c(/C=C/C(=O)O)c(=O)n2C. The van der Waals surface area contributed by atoms with Crippen molar-refractivity contribution >= 4 is 22.9 Å². The van der Waals surface area contributed by atoms with Crippen LogP contribution in [0.5, 0.6) is 5.75 Å². The molecular formula is C15H15NO4. The number of carboxylic acids is 1. The highest BCUT2D eigenvalue weighted by Crippen LogP contribution is 2.24. The Morgan fingerprint density at radius 1 is 1.40 bits per heavy atom. The summed E-state index contributed by atoms with van der Waals surface area (Å²) >= 11 is 0. The van der Waals surface area contributed by atoms with Crippen LogP contribution in [0, 0.1) is 6.92 Å². The molecule has 104 valence electrons. The van der Waals surface area contributed by atoms with E-state index in [1.165, 1.54) is 10.6 Å². The van der Waals surface area contributed by atoms with Gasteiger partial charge in [-0.25, -0.2) is 4.79 Å². The number of nitrogens with zero attached hydrogens (tertiary/aromatic N) is 1. The third kappa shape index (κ3) is 2.30. The summed E-state index contributed by atoms with van der Waals surface area (Å²) in [5.74, 6) is -0.399. The molecule has 20 heavy (non-hydrogen) atoms. The molecule has 5 heteroatoms. The van der Waals surface area contributed by atoms with Crippen LogP contribution < -0.4 is 10.3 Å². The van der Waals surface area contributed by atoms with Crippen LogP contribution in [0.2, 0.25) is 0 Å². The molecule has 0 saturated carbocycles. The van der Waals surface area contributed by atoms with E-state index in [9.17, 15) is 9.59 Å². The highest BCUT2D eigenvalue weighted by atomic mass is 16.5. The third-order valence-electron chi connectivity index (χ3n) is 3.30. The first-order valence-electron chi connectivity index (χ1n) is 6.04. The number of methoxy groups -OCH3 is 1. The zero-order valence-electron chi connectivity index (χ0n) is 11.5. The molecule has 0 aliphatic carbocycles. The molecule has 0 spiro atoms. The summed E-state index contributed by atoms with van der Waals surface area (Å²) in [6.07, 6.45) is 2.30. The maximum absolute atomic E-state index is 12.3. The Kier molecular flexibility index (Phi) is 3.61. The molecule has 0 atom stereocenters. The van der Waals surface area contributed by atoms with Crippen molar-refractivity contribution in [3.63, 3.8) is 0 Å². The lowest BCUT2D eigenvalue weighted by molar-refractivity contribution is -0.131. The number of rotatable bonds is 3. The standard InChI is InChI=1S/C15H15NO4/c1-9-11(5-7-14(17)18)15(19)16(2)13-6-4-10(20-3)8-12(9)13/h4-8H,1-3H3,(H,17,18)/b7-5+. The Bertz CT molecular complexity index is 772. The summed E-state index contributed by atoms with van der Waals surface area (Å²) in [4.78, 5) is 22.9. The quantitative estimate of drug-likeness (QED) is 0.868. The number of pyridine rings is 1. The molecule has 1 aromatic heterocycles. The smallest absolute Gasteiger partial charge is 0.328 e. The van der Waals surface area contributed by atoms with Crippen molar-refractivity contribution in [2.24, 2.45) is 7.05 Å². The number of fused-ring (bicyclic) bond motifs is 1. The van der Waals surface area contributed by atoms with Gasteiger partial charge in [0.1, 0.15) is 5.75 Å². The van der Waals surface area contributed by atoms with E-state index in [1.54, 1.807) is 27.1 Å². The normalized spacial score (nSPS) is 11.2. The molecule has 2 aromatic rings. The first kappa shape index (κ1) is 13.9. The summed E-state index contributed by atoms with van der Waals surface area (Å²) < 4.78 is 6.69. The van der Waals surface area contributed by atoms with Gasteiger partial charge in [-0.3, -0.25) is 4.79 Å². The molecule has 0 saturated heterocycles. The van der Waals surface area contributed by atoms with E-state index in [1.807, 2.05) is 12.1 Å². The van der Waals surface area contributed by atoms with E-state index in [4.69, 9.17) is 9.84 Å². The van der Waals surface area contributed by atoms with Crippen LogP contribution in [-0.2, 0) is 11.8 Å². The average Bonchev–Trinajstić information content (AvgIpc) is 2.44. The van der Waals surface area contributed by atoms with Gasteiger partial charge in [0.2, 0.25) is 0 Å². The lowest BCUT2D eigenvalue weighted by Crippen LogP contribution is -2.21. The predicted molar refractivity (Wildman–Crippen MR) is 77.1 cm³/mol. The Balaban J connectivity index is 2.83. The number of hydrogen-bond acceptors (Lipinski definition) is 3. The first-order valence-corrected chi connectivity index (χ1v) is 6.04. The third-order valence-corrected chi connectivity index (χ3v) is 3.30. The zero-order chi connectivity index (χ0) is 14.9.